The number of nitrogens with zero attached hydrogens (tertiary/aromatic N) is 1. The molecule has 1 aliphatic heterocycles. The molecule has 162 valence electrons. The number of benzene rings is 2. The summed E-state index contributed by atoms with van der Waals surface area (Å²) in [6.45, 7) is 5.48. The largest absolute Gasteiger partial charge is 0.325 e. The van der Waals surface area contributed by atoms with Gasteiger partial charge in [0.1, 0.15) is 12.1 Å². The maximum absolute atomic E-state index is 12.8. The van der Waals surface area contributed by atoms with E-state index in [-0.39, 0.29) is 18.4 Å². The van der Waals surface area contributed by atoms with Crippen molar-refractivity contribution in [2.24, 2.45) is 5.92 Å². The molecule has 0 unspecified atom stereocenters. The van der Waals surface area contributed by atoms with Gasteiger partial charge < -0.3 is 10.6 Å². The maximum Gasteiger partial charge on any atom is 0.325 e. The fourth-order valence-corrected chi connectivity index (χ4v) is 4.97. The van der Waals surface area contributed by atoms with Crippen LogP contribution in [0.5, 0.6) is 0 Å². The van der Waals surface area contributed by atoms with Gasteiger partial charge in [0.05, 0.1) is 5.69 Å². The van der Waals surface area contributed by atoms with Gasteiger partial charge in [-0.2, -0.15) is 0 Å². The number of carbonyl (C=O) groups is 3. The Labute approximate surface area is 190 Å². The summed E-state index contributed by atoms with van der Waals surface area (Å²) in [5.41, 5.74) is 1.95. The van der Waals surface area contributed by atoms with E-state index < -0.39 is 17.5 Å². The summed E-state index contributed by atoms with van der Waals surface area (Å²) in [7, 11) is 0. The Bertz CT molecular complexity index is 1090. The van der Waals surface area contributed by atoms with E-state index in [9.17, 15) is 14.4 Å². The molecule has 1 atom stereocenters. The molecule has 4 amide bonds. The third kappa shape index (κ3) is 4.43. The number of amides is 4. The first-order valence-electron chi connectivity index (χ1n) is 10.2. The number of imide groups is 1. The van der Waals surface area contributed by atoms with Crippen molar-refractivity contribution in [1.29, 1.82) is 0 Å². The van der Waals surface area contributed by atoms with Crippen LogP contribution < -0.4 is 10.6 Å². The Hall–Kier alpha value is -2.51. The molecule has 0 aromatic heterocycles. The number of urea groups is 1. The second kappa shape index (κ2) is 8.20. The first-order chi connectivity index (χ1) is 14.7. The molecule has 2 fully saturated rings. The Morgan fingerprint density at radius 1 is 1.19 bits per heavy atom. The minimum atomic E-state index is -0.905. The third-order valence-corrected chi connectivity index (χ3v) is 7.25. The predicted molar refractivity (Wildman–Crippen MR) is 121 cm³/mol. The first kappa shape index (κ1) is 21.7. The highest BCUT2D eigenvalue weighted by Gasteiger charge is 2.56. The van der Waals surface area contributed by atoms with Crippen molar-refractivity contribution in [3.8, 4) is 0 Å². The molecule has 6 nitrogen and oxygen atoms in total. The topological polar surface area (TPSA) is 78.5 Å². The highest BCUT2D eigenvalue weighted by atomic mass is 35.5. The summed E-state index contributed by atoms with van der Waals surface area (Å²) >= 11 is 7.68. The summed E-state index contributed by atoms with van der Waals surface area (Å²) in [5.74, 6) is -0.648. The normalized spacial score (nSPS) is 20.7. The minimum Gasteiger partial charge on any atom is -0.323 e. The highest BCUT2D eigenvalue weighted by Crippen LogP contribution is 2.42. The number of anilines is 1. The van der Waals surface area contributed by atoms with Crippen LogP contribution >= 0.6 is 23.4 Å². The Kier molecular flexibility index (Phi) is 5.75. The molecule has 31 heavy (non-hydrogen) atoms. The molecule has 2 N–H and O–H groups in total. The van der Waals surface area contributed by atoms with E-state index in [1.165, 1.54) is 17.3 Å². The Balaban J connectivity index is 1.50. The lowest BCUT2D eigenvalue weighted by atomic mass is 9.96. The number of hydrogen-bond donors (Lipinski definition) is 2. The predicted octanol–water partition coefficient (Wildman–Crippen LogP) is 4.77. The zero-order valence-corrected chi connectivity index (χ0v) is 19.2. The quantitative estimate of drug-likeness (QED) is 0.612. The van der Waals surface area contributed by atoms with Crippen LogP contribution in [0.25, 0.3) is 0 Å². The van der Waals surface area contributed by atoms with E-state index in [0.717, 1.165) is 33.1 Å². The van der Waals surface area contributed by atoms with Crippen LogP contribution in [-0.4, -0.2) is 34.8 Å². The minimum absolute atomic E-state index is 0.144. The summed E-state index contributed by atoms with van der Waals surface area (Å²) in [5, 5.41) is 6.06. The number of carbonyl (C=O) groups excluding carboxylic acids is 3. The third-order valence-electron chi connectivity index (χ3n) is 5.76. The lowest BCUT2D eigenvalue weighted by molar-refractivity contribution is -0.134. The van der Waals surface area contributed by atoms with E-state index in [0.29, 0.717) is 10.7 Å². The van der Waals surface area contributed by atoms with Crippen LogP contribution in [0.2, 0.25) is 5.02 Å². The van der Waals surface area contributed by atoms with E-state index in [1.54, 1.807) is 19.1 Å². The monoisotopic (exact) mass is 457 g/mol. The van der Waals surface area contributed by atoms with Crippen molar-refractivity contribution in [3.63, 3.8) is 0 Å². The van der Waals surface area contributed by atoms with Gasteiger partial charge in [-0.05, 0) is 69.4 Å². The standard InChI is InChI=1S/C23H24ClN3O3S/c1-13-4-8-18(14(2)10-13)31-19-9-7-16(24)11-17(19)25-20(28)12-27-21(29)23(3,15-5-6-15)26-22(27)30/h4,7-11,15H,5-6,12H2,1-3H3,(H,25,28)(H,26,30)/t23-/m1/s1. The molecule has 4 rings (SSSR count). The van der Waals surface area contributed by atoms with Gasteiger partial charge in [0.2, 0.25) is 5.91 Å². The molecule has 1 saturated carbocycles. The zero-order valence-electron chi connectivity index (χ0n) is 17.6. The highest BCUT2D eigenvalue weighted by molar-refractivity contribution is 7.99. The molecule has 8 heteroatoms. The average molecular weight is 458 g/mol. The summed E-state index contributed by atoms with van der Waals surface area (Å²) in [4.78, 5) is 40.7. The smallest absolute Gasteiger partial charge is 0.323 e. The molecule has 2 aliphatic rings. The fraction of sp³-hybridized carbons (Fsp3) is 0.348. The number of rotatable bonds is 6. The van der Waals surface area contributed by atoms with Crippen molar-refractivity contribution in [2.75, 3.05) is 11.9 Å². The maximum atomic E-state index is 12.8. The second-order valence-corrected chi connectivity index (χ2v) is 9.88. The van der Waals surface area contributed by atoms with Gasteiger partial charge in [-0.1, -0.05) is 41.1 Å². The van der Waals surface area contributed by atoms with E-state index in [4.69, 9.17) is 11.6 Å². The molecule has 2 aromatic rings. The van der Waals surface area contributed by atoms with E-state index in [1.807, 2.05) is 32.0 Å². The van der Waals surface area contributed by atoms with Gasteiger partial charge in [-0.15, -0.1) is 0 Å². The van der Waals surface area contributed by atoms with Crippen LogP contribution in [0.15, 0.2) is 46.2 Å². The van der Waals surface area contributed by atoms with Crippen molar-refractivity contribution in [1.82, 2.24) is 10.2 Å². The van der Waals surface area contributed by atoms with Crippen molar-refractivity contribution >= 4 is 46.9 Å². The zero-order chi connectivity index (χ0) is 22.3. The number of aryl methyl sites for hydroxylation is 2. The molecule has 0 bridgehead atoms. The molecule has 1 aliphatic carbocycles. The summed E-state index contributed by atoms with van der Waals surface area (Å²) in [6.07, 6.45) is 1.81. The van der Waals surface area contributed by atoms with Crippen molar-refractivity contribution < 1.29 is 14.4 Å². The lowest BCUT2D eigenvalue weighted by Crippen LogP contribution is -2.46. The van der Waals surface area contributed by atoms with Crippen LogP contribution in [0.4, 0.5) is 10.5 Å². The Morgan fingerprint density at radius 3 is 2.58 bits per heavy atom. The molecule has 2 aromatic carbocycles. The van der Waals surface area contributed by atoms with Gasteiger partial charge in [0, 0.05) is 14.8 Å². The number of halogens is 1. The molecular formula is C23H24ClN3O3S. The van der Waals surface area contributed by atoms with Crippen molar-refractivity contribution in [2.45, 2.75) is 48.9 Å². The molecule has 0 radical (unpaired) electrons. The molecular weight excluding hydrogens is 434 g/mol. The van der Waals surface area contributed by atoms with Crippen molar-refractivity contribution in [3.05, 3.63) is 52.5 Å². The molecule has 1 heterocycles. The fourth-order valence-electron chi connectivity index (χ4n) is 3.85. The summed E-state index contributed by atoms with van der Waals surface area (Å²) in [6, 6.07) is 10.9. The van der Waals surface area contributed by atoms with E-state index >= 15 is 0 Å². The number of nitrogens with one attached hydrogen (secondary N) is 2. The van der Waals surface area contributed by atoms with Crippen LogP contribution in [-0.2, 0) is 9.59 Å². The molecule has 0 spiro atoms. The SMILES string of the molecule is Cc1ccc(Sc2ccc(Cl)cc2NC(=O)CN2C(=O)N[C@](C)(C3CC3)C2=O)c(C)c1. The van der Waals surface area contributed by atoms with E-state index in [2.05, 4.69) is 16.7 Å². The second-order valence-electron chi connectivity index (χ2n) is 8.36. The van der Waals surface area contributed by atoms with Gasteiger partial charge in [0.25, 0.3) is 5.91 Å². The van der Waals surface area contributed by atoms with Gasteiger partial charge >= 0.3 is 6.03 Å². The van der Waals surface area contributed by atoms with Crippen LogP contribution in [0.1, 0.15) is 30.9 Å². The van der Waals surface area contributed by atoms with Crippen LogP contribution in [0.3, 0.4) is 0 Å². The van der Waals surface area contributed by atoms with Gasteiger partial charge in [0.15, 0.2) is 0 Å². The van der Waals surface area contributed by atoms with Gasteiger partial charge in [-0.3, -0.25) is 14.5 Å². The average Bonchev–Trinajstić information content (AvgIpc) is 3.52. The number of hydrogen-bond acceptors (Lipinski definition) is 4. The summed E-state index contributed by atoms with van der Waals surface area (Å²) < 4.78 is 0. The molecule has 1 saturated heterocycles. The van der Waals surface area contributed by atoms with Gasteiger partial charge in [-0.25, -0.2) is 4.79 Å². The Morgan fingerprint density at radius 2 is 1.90 bits per heavy atom. The van der Waals surface area contributed by atoms with Crippen LogP contribution in [0, 0.1) is 19.8 Å². The lowest BCUT2D eigenvalue weighted by Gasteiger charge is -2.21. The first-order valence-corrected chi connectivity index (χ1v) is 11.4.